The third kappa shape index (κ3) is 2.13. The molecule has 2 rings (SSSR count). The van der Waals surface area contributed by atoms with Gasteiger partial charge in [0.05, 0.1) is 17.6 Å². The number of aryl methyl sites for hydroxylation is 1. The number of hydrogen-bond acceptors (Lipinski definition) is 5. The summed E-state index contributed by atoms with van der Waals surface area (Å²) in [6.07, 6.45) is 4.93. The third-order valence-electron chi connectivity index (χ3n) is 1.93. The van der Waals surface area contributed by atoms with E-state index in [1.165, 1.54) is 0 Å². The maximum absolute atomic E-state index is 5.54. The summed E-state index contributed by atoms with van der Waals surface area (Å²) < 4.78 is 0. The third-order valence-corrected chi connectivity index (χ3v) is 1.93. The fraction of sp³-hybridized carbons (Fsp3) is 0.200. The molecule has 0 aliphatic rings. The summed E-state index contributed by atoms with van der Waals surface area (Å²) in [6, 6.07) is 1.83. The predicted molar refractivity (Wildman–Crippen MR) is 55.7 cm³/mol. The zero-order valence-corrected chi connectivity index (χ0v) is 8.38. The molecular weight excluding hydrogens is 190 g/mol. The molecule has 15 heavy (non-hydrogen) atoms. The molecule has 0 saturated carbocycles. The van der Waals surface area contributed by atoms with E-state index in [2.05, 4.69) is 19.9 Å². The largest absolute Gasteiger partial charge is 0.325 e. The molecule has 0 aliphatic heterocycles. The van der Waals surface area contributed by atoms with Crippen molar-refractivity contribution in [1.82, 2.24) is 19.9 Å². The second kappa shape index (κ2) is 4.10. The van der Waals surface area contributed by atoms with Crippen molar-refractivity contribution in [3.05, 3.63) is 36.2 Å². The summed E-state index contributed by atoms with van der Waals surface area (Å²) in [5.41, 5.74) is 7.84. The second-order valence-electron chi connectivity index (χ2n) is 3.09. The van der Waals surface area contributed by atoms with Crippen molar-refractivity contribution in [2.75, 3.05) is 0 Å². The molecule has 76 valence electrons. The van der Waals surface area contributed by atoms with Crippen molar-refractivity contribution >= 4 is 0 Å². The molecular formula is C10H11N5. The average Bonchev–Trinajstić information content (AvgIpc) is 2.29. The monoisotopic (exact) mass is 201 g/mol. The minimum atomic E-state index is 0.399. The predicted octanol–water partition coefficient (Wildman–Crippen LogP) is 0.701. The van der Waals surface area contributed by atoms with Crippen molar-refractivity contribution in [2.45, 2.75) is 13.5 Å². The van der Waals surface area contributed by atoms with Crippen LogP contribution in [0.25, 0.3) is 11.4 Å². The van der Waals surface area contributed by atoms with Crippen molar-refractivity contribution in [2.24, 2.45) is 5.73 Å². The standard InChI is InChI=1S/C10H11N5/c1-7-14-8(5-11)4-9(15-7)10-6-12-2-3-13-10/h2-4,6H,5,11H2,1H3. The summed E-state index contributed by atoms with van der Waals surface area (Å²) in [5.74, 6) is 0.693. The minimum absolute atomic E-state index is 0.399. The molecule has 0 unspecified atom stereocenters. The molecule has 2 heterocycles. The number of nitrogens with two attached hydrogens (primary N) is 1. The van der Waals surface area contributed by atoms with Gasteiger partial charge in [-0.25, -0.2) is 9.97 Å². The minimum Gasteiger partial charge on any atom is -0.325 e. The molecule has 5 heteroatoms. The fourth-order valence-corrected chi connectivity index (χ4v) is 1.30. The van der Waals surface area contributed by atoms with E-state index in [1.807, 2.05) is 13.0 Å². The van der Waals surface area contributed by atoms with E-state index in [0.29, 0.717) is 12.4 Å². The SMILES string of the molecule is Cc1nc(CN)cc(-c2cnccn2)n1. The Bertz CT molecular complexity index is 455. The van der Waals surface area contributed by atoms with E-state index in [-0.39, 0.29) is 0 Å². The lowest BCUT2D eigenvalue weighted by atomic mass is 10.2. The molecule has 0 atom stereocenters. The Morgan fingerprint density at radius 2 is 2.07 bits per heavy atom. The van der Waals surface area contributed by atoms with Gasteiger partial charge in [0, 0.05) is 18.9 Å². The molecule has 2 aromatic heterocycles. The first-order valence-corrected chi connectivity index (χ1v) is 4.60. The Morgan fingerprint density at radius 3 is 2.73 bits per heavy atom. The molecule has 2 aromatic rings. The van der Waals surface area contributed by atoms with E-state index < -0.39 is 0 Å². The molecule has 0 spiro atoms. The van der Waals surface area contributed by atoms with Crippen LogP contribution in [0.5, 0.6) is 0 Å². The Hall–Kier alpha value is -1.88. The second-order valence-corrected chi connectivity index (χ2v) is 3.09. The normalized spacial score (nSPS) is 10.3. The summed E-state index contributed by atoms with van der Waals surface area (Å²) >= 11 is 0. The van der Waals surface area contributed by atoms with Gasteiger partial charge in [0.15, 0.2) is 0 Å². The molecule has 0 aliphatic carbocycles. The topological polar surface area (TPSA) is 77.6 Å². The molecule has 0 aromatic carbocycles. The van der Waals surface area contributed by atoms with Crippen molar-refractivity contribution in [1.29, 1.82) is 0 Å². The van der Waals surface area contributed by atoms with E-state index in [0.717, 1.165) is 17.1 Å². The van der Waals surface area contributed by atoms with E-state index >= 15 is 0 Å². The first-order chi connectivity index (χ1) is 7.29. The molecule has 5 nitrogen and oxygen atoms in total. The van der Waals surface area contributed by atoms with Gasteiger partial charge >= 0.3 is 0 Å². The summed E-state index contributed by atoms with van der Waals surface area (Å²) in [4.78, 5) is 16.6. The van der Waals surface area contributed by atoms with Crippen LogP contribution in [-0.2, 0) is 6.54 Å². The van der Waals surface area contributed by atoms with Gasteiger partial charge in [-0.1, -0.05) is 0 Å². The van der Waals surface area contributed by atoms with Crippen LogP contribution >= 0.6 is 0 Å². The smallest absolute Gasteiger partial charge is 0.126 e. The van der Waals surface area contributed by atoms with Gasteiger partial charge in [0.2, 0.25) is 0 Å². The van der Waals surface area contributed by atoms with Crippen molar-refractivity contribution < 1.29 is 0 Å². The number of rotatable bonds is 2. The summed E-state index contributed by atoms with van der Waals surface area (Å²) in [6.45, 7) is 2.23. The molecule has 0 amide bonds. The Morgan fingerprint density at radius 1 is 1.20 bits per heavy atom. The Kier molecular flexibility index (Phi) is 2.64. The molecule has 0 saturated heterocycles. The fourth-order valence-electron chi connectivity index (χ4n) is 1.30. The number of aromatic nitrogens is 4. The first kappa shape index (κ1) is 9.67. The van der Waals surface area contributed by atoms with Crippen molar-refractivity contribution in [3.63, 3.8) is 0 Å². The molecule has 0 radical (unpaired) electrons. The molecule has 0 fully saturated rings. The van der Waals surface area contributed by atoms with Crippen LogP contribution in [0, 0.1) is 6.92 Å². The Labute approximate surface area is 87.4 Å². The highest BCUT2D eigenvalue weighted by atomic mass is 14.9. The van der Waals surface area contributed by atoms with Gasteiger partial charge in [0.1, 0.15) is 11.5 Å². The van der Waals surface area contributed by atoms with Gasteiger partial charge in [-0.15, -0.1) is 0 Å². The van der Waals surface area contributed by atoms with E-state index in [9.17, 15) is 0 Å². The highest BCUT2D eigenvalue weighted by Gasteiger charge is 2.04. The zero-order chi connectivity index (χ0) is 10.7. The highest BCUT2D eigenvalue weighted by Crippen LogP contribution is 2.13. The van der Waals surface area contributed by atoms with Crippen LogP contribution in [-0.4, -0.2) is 19.9 Å². The van der Waals surface area contributed by atoms with Gasteiger partial charge in [-0.3, -0.25) is 9.97 Å². The van der Waals surface area contributed by atoms with Crippen molar-refractivity contribution in [3.8, 4) is 11.4 Å². The molecule has 2 N–H and O–H groups in total. The molecule has 0 bridgehead atoms. The average molecular weight is 201 g/mol. The summed E-state index contributed by atoms with van der Waals surface area (Å²) in [7, 11) is 0. The number of hydrogen-bond donors (Lipinski definition) is 1. The van der Waals surface area contributed by atoms with Crippen LogP contribution < -0.4 is 5.73 Å². The lowest BCUT2D eigenvalue weighted by molar-refractivity contribution is 0.926. The van der Waals surface area contributed by atoms with Crippen LogP contribution in [0.15, 0.2) is 24.7 Å². The van der Waals surface area contributed by atoms with Gasteiger partial charge in [0.25, 0.3) is 0 Å². The maximum atomic E-state index is 5.54. The van der Waals surface area contributed by atoms with E-state index in [1.54, 1.807) is 18.6 Å². The van der Waals surface area contributed by atoms with Crippen LogP contribution in [0.3, 0.4) is 0 Å². The van der Waals surface area contributed by atoms with Gasteiger partial charge in [-0.2, -0.15) is 0 Å². The van der Waals surface area contributed by atoms with E-state index in [4.69, 9.17) is 5.73 Å². The number of nitrogens with zero attached hydrogens (tertiary/aromatic N) is 4. The first-order valence-electron chi connectivity index (χ1n) is 4.60. The highest BCUT2D eigenvalue weighted by molar-refractivity contribution is 5.52. The zero-order valence-electron chi connectivity index (χ0n) is 8.38. The lowest BCUT2D eigenvalue weighted by Crippen LogP contribution is -2.03. The van der Waals surface area contributed by atoms with Crippen LogP contribution in [0.1, 0.15) is 11.5 Å². The Balaban J connectivity index is 2.49. The maximum Gasteiger partial charge on any atom is 0.126 e. The quantitative estimate of drug-likeness (QED) is 0.773. The lowest BCUT2D eigenvalue weighted by Gasteiger charge is -2.03. The van der Waals surface area contributed by atoms with Crippen LogP contribution in [0.2, 0.25) is 0 Å². The summed E-state index contributed by atoms with van der Waals surface area (Å²) in [5, 5.41) is 0. The van der Waals surface area contributed by atoms with Gasteiger partial charge in [-0.05, 0) is 13.0 Å². The van der Waals surface area contributed by atoms with Crippen LogP contribution in [0.4, 0.5) is 0 Å². The van der Waals surface area contributed by atoms with Gasteiger partial charge < -0.3 is 5.73 Å².